The Morgan fingerprint density at radius 2 is 2.07 bits per heavy atom. The summed E-state index contributed by atoms with van der Waals surface area (Å²) in [6.07, 6.45) is 5.46. The molecule has 1 rings (SSSR count). The van der Waals surface area contributed by atoms with E-state index in [0.29, 0.717) is 6.54 Å². The molecule has 0 atom stereocenters. The standard InChI is InChI=1S/C11H14N2O/c14-10-9-13-12-8-4-7-11-5-2-1-3-6-11/h1-8,13-14H,9-10H2/b7-4+,12-8-. The van der Waals surface area contributed by atoms with Gasteiger partial charge >= 0.3 is 0 Å². The quantitative estimate of drug-likeness (QED) is 0.417. The van der Waals surface area contributed by atoms with Crippen molar-refractivity contribution in [3.05, 3.63) is 42.0 Å². The number of rotatable bonds is 5. The van der Waals surface area contributed by atoms with E-state index in [4.69, 9.17) is 5.11 Å². The van der Waals surface area contributed by atoms with E-state index in [1.54, 1.807) is 6.21 Å². The van der Waals surface area contributed by atoms with Gasteiger partial charge in [-0.2, -0.15) is 5.10 Å². The molecule has 1 aromatic carbocycles. The minimum atomic E-state index is 0.0970. The molecular formula is C11H14N2O. The van der Waals surface area contributed by atoms with Crippen LogP contribution >= 0.6 is 0 Å². The van der Waals surface area contributed by atoms with E-state index in [9.17, 15) is 0 Å². The predicted molar refractivity (Wildman–Crippen MR) is 59.1 cm³/mol. The minimum Gasteiger partial charge on any atom is -0.394 e. The first kappa shape index (κ1) is 10.5. The molecule has 0 saturated carbocycles. The Hall–Kier alpha value is -1.61. The van der Waals surface area contributed by atoms with Crippen LogP contribution in [0.4, 0.5) is 0 Å². The summed E-state index contributed by atoms with van der Waals surface area (Å²) in [7, 11) is 0. The zero-order chi connectivity index (χ0) is 10.1. The Kier molecular flexibility index (Phi) is 5.13. The molecule has 14 heavy (non-hydrogen) atoms. The molecule has 0 amide bonds. The average molecular weight is 190 g/mol. The number of aliphatic hydroxyl groups excluding tert-OH is 1. The summed E-state index contributed by atoms with van der Waals surface area (Å²) in [6.45, 7) is 0.579. The lowest BCUT2D eigenvalue weighted by molar-refractivity contribution is 0.294. The molecule has 2 N–H and O–H groups in total. The topological polar surface area (TPSA) is 44.6 Å². The first-order valence-electron chi connectivity index (χ1n) is 4.52. The highest BCUT2D eigenvalue weighted by Crippen LogP contribution is 1.99. The summed E-state index contributed by atoms with van der Waals surface area (Å²) < 4.78 is 0. The van der Waals surface area contributed by atoms with E-state index in [1.165, 1.54) is 0 Å². The molecule has 3 heteroatoms. The number of aliphatic hydroxyl groups is 1. The van der Waals surface area contributed by atoms with Gasteiger partial charge in [-0.3, -0.25) is 0 Å². The third-order valence-corrected chi connectivity index (χ3v) is 1.56. The van der Waals surface area contributed by atoms with Gasteiger partial charge < -0.3 is 10.5 Å². The lowest BCUT2D eigenvalue weighted by Gasteiger charge is -1.92. The van der Waals surface area contributed by atoms with Gasteiger partial charge in [0.2, 0.25) is 0 Å². The van der Waals surface area contributed by atoms with Crippen molar-refractivity contribution in [2.75, 3.05) is 13.2 Å². The number of nitrogens with zero attached hydrogens (tertiary/aromatic N) is 1. The molecule has 0 heterocycles. The molecule has 0 unspecified atom stereocenters. The van der Waals surface area contributed by atoms with Gasteiger partial charge in [0.05, 0.1) is 13.2 Å². The fourth-order valence-electron chi connectivity index (χ4n) is 0.929. The molecule has 3 nitrogen and oxygen atoms in total. The zero-order valence-electron chi connectivity index (χ0n) is 7.93. The molecule has 0 aliphatic rings. The fraction of sp³-hybridized carbons (Fsp3) is 0.182. The van der Waals surface area contributed by atoms with E-state index in [1.807, 2.05) is 42.5 Å². The SMILES string of the molecule is OCCN/N=C\C=C\c1ccccc1. The smallest absolute Gasteiger partial charge is 0.0620 e. The molecular weight excluding hydrogens is 176 g/mol. The number of benzene rings is 1. The molecule has 1 aromatic rings. The van der Waals surface area contributed by atoms with Crippen molar-refractivity contribution in [2.45, 2.75) is 0 Å². The maximum Gasteiger partial charge on any atom is 0.0620 e. The highest BCUT2D eigenvalue weighted by Gasteiger charge is 1.79. The van der Waals surface area contributed by atoms with Gasteiger partial charge in [-0.15, -0.1) is 0 Å². The largest absolute Gasteiger partial charge is 0.394 e. The second-order valence-corrected chi connectivity index (χ2v) is 2.68. The Labute approximate surface area is 83.8 Å². The first-order chi connectivity index (χ1) is 6.93. The van der Waals surface area contributed by atoms with Gasteiger partial charge in [0, 0.05) is 6.21 Å². The second kappa shape index (κ2) is 6.86. The van der Waals surface area contributed by atoms with Crippen molar-refractivity contribution in [2.24, 2.45) is 5.10 Å². The molecule has 74 valence electrons. The number of hydrogen-bond donors (Lipinski definition) is 2. The van der Waals surface area contributed by atoms with Crippen LogP contribution in [0.3, 0.4) is 0 Å². The van der Waals surface area contributed by atoms with E-state index in [2.05, 4.69) is 10.5 Å². The van der Waals surface area contributed by atoms with Gasteiger partial charge in [0.1, 0.15) is 0 Å². The molecule has 0 aliphatic carbocycles. The number of allylic oxidation sites excluding steroid dienone is 1. The Bertz CT molecular complexity index is 293. The highest BCUT2D eigenvalue weighted by molar-refractivity contribution is 5.77. The lowest BCUT2D eigenvalue weighted by atomic mass is 10.2. The fourth-order valence-corrected chi connectivity index (χ4v) is 0.929. The number of hydrogen-bond acceptors (Lipinski definition) is 3. The molecule has 0 radical (unpaired) electrons. The van der Waals surface area contributed by atoms with Crippen molar-refractivity contribution in [3.8, 4) is 0 Å². The van der Waals surface area contributed by atoms with Crippen LogP contribution in [0.2, 0.25) is 0 Å². The van der Waals surface area contributed by atoms with E-state index < -0.39 is 0 Å². The summed E-state index contributed by atoms with van der Waals surface area (Å²) in [6, 6.07) is 9.99. The van der Waals surface area contributed by atoms with Crippen molar-refractivity contribution < 1.29 is 5.11 Å². The minimum absolute atomic E-state index is 0.0970. The van der Waals surface area contributed by atoms with Crippen LogP contribution in [-0.4, -0.2) is 24.5 Å². The Morgan fingerprint density at radius 3 is 2.79 bits per heavy atom. The van der Waals surface area contributed by atoms with Gasteiger partial charge in [0.15, 0.2) is 0 Å². The van der Waals surface area contributed by atoms with E-state index in [-0.39, 0.29) is 6.61 Å². The first-order valence-corrected chi connectivity index (χ1v) is 4.52. The molecule has 0 aromatic heterocycles. The van der Waals surface area contributed by atoms with Gasteiger partial charge in [-0.25, -0.2) is 0 Å². The van der Waals surface area contributed by atoms with Crippen molar-refractivity contribution in [3.63, 3.8) is 0 Å². The van der Waals surface area contributed by atoms with E-state index >= 15 is 0 Å². The predicted octanol–water partition coefficient (Wildman–Crippen LogP) is 1.27. The van der Waals surface area contributed by atoms with Crippen LogP contribution < -0.4 is 5.43 Å². The summed E-state index contributed by atoms with van der Waals surface area (Å²) in [5.74, 6) is 0. The van der Waals surface area contributed by atoms with Gasteiger partial charge in [0.25, 0.3) is 0 Å². The normalized spacial score (nSPS) is 11.2. The van der Waals surface area contributed by atoms with Crippen molar-refractivity contribution >= 4 is 12.3 Å². The van der Waals surface area contributed by atoms with Crippen LogP contribution in [0.1, 0.15) is 5.56 Å². The Morgan fingerprint density at radius 1 is 1.29 bits per heavy atom. The van der Waals surface area contributed by atoms with Crippen LogP contribution in [0.5, 0.6) is 0 Å². The zero-order valence-corrected chi connectivity index (χ0v) is 7.93. The highest BCUT2D eigenvalue weighted by atomic mass is 16.3. The van der Waals surface area contributed by atoms with Crippen molar-refractivity contribution in [1.29, 1.82) is 0 Å². The molecule has 0 bridgehead atoms. The van der Waals surface area contributed by atoms with Crippen LogP contribution in [0.15, 0.2) is 41.5 Å². The van der Waals surface area contributed by atoms with Crippen LogP contribution in [0.25, 0.3) is 6.08 Å². The molecule has 0 aliphatic heterocycles. The molecule has 0 saturated heterocycles. The van der Waals surface area contributed by atoms with Crippen molar-refractivity contribution in [1.82, 2.24) is 5.43 Å². The van der Waals surface area contributed by atoms with Gasteiger partial charge in [-0.1, -0.05) is 36.4 Å². The monoisotopic (exact) mass is 190 g/mol. The summed E-state index contributed by atoms with van der Waals surface area (Å²) >= 11 is 0. The summed E-state index contributed by atoms with van der Waals surface area (Å²) in [5.41, 5.74) is 3.83. The molecule has 0 fully saturated rings. The van der Waals surface area contributed by atoms with Crippen LogP contribution in [-0.2, 0) is 0 Å². The maximum absolute atomic E-state index is 8.45. The number of nitrogens with one attached hydrogen (secondary N) is 1. The maximum atomic E-state index is 8.45. The second-order valence-electron chi connectivity index (χ2n) is 2.68. The third kappa shape index (κ3) is 4.42. The summed E-state index contributed by atoms with van der Waals surface area (Å²) in [4.78, 5) is 0. The number of hydrazone groups is 1. The third-order valence-electron chi connectivity index (χ3n) is 1.56. The van der Waals surface area contributed by atoms with Gasteiger partial charge in [-0.05, 0) is 11.6 Å². The van der Waals surface area contributed by atoms with Crippen LogP contribution in [0, 0.1) is 0 Å². The lowest BCUT2D eigenvalue weighted by Crippen LogP contribution is -2.10. The van der Waals surface area contributed by atoms with E-state index in [0.717, 1.165) is 5.56 Å². The Balaban J connectivity index is 2.31. The molecule has 0 spiro atoms. The average Bonchev–Trinajstić information content (AvgIpc) is 2.25. The summed E-state index contributed by atoms with van der Waals surface area (Å²) in [5, 5.41) is 12.3.